The van der Waals surface area contributed by atoms with Gasteiger partial charge in [-0.25, -0.2) is 4.39 Å². The lowest BCUT2D eigenvalue weighted by Crippen LogP contribution is -2.18. The average molecular weight is 355 g/mol. The molecule has 1 aromatic heterocycles. The predicted molar refractivity (Wildman–Crippen MR) is 96.6 cm³/mol. The van der Waals surface area contributed by atoms with Gasteiger partial charge in [0, 0.05) is 6.21 Å². The van der Waals surface area contributed by atoms with Crippen LogP contribution in [0.5, 0.6) is 5.88 Å². The molecule has 0 unspecified atom stereocenters. The summed E-state index contributed by atoms with van der Waals surface area (Å²) in [6.07, 6.45) is 1.26. The molecular formula is C18H14FN3O2S. The van der Waals surface area contributed by atoms with Crippen LogP contribution in [0.15, 0.2) is 64.4 Å². The van der Waals surface area contributed by atoms with E-state index < -0.39 is 17.3 Å². The first-order chi connectivity index (χ1) is 12.1. The number of aromatic nitrogens is 2. The van der Waals surface area contributed by atoms with Crippen molar-refractivity contribution in [1.82, 2.24) is 9.55 Å². The van der Waals surface area contributed by atoms with E-state index in [1.165, 1.54) is 24.4 Å². The quantitative estimate of drug-likeness (QED) is 0.557. The molecule has 0 fully saturated rings. The Hall–Kier alpha value is -3.06. The number of nitrogens with one attached hydrogen (secondary N) is 1. The maximum absolute atomic E-state index is 14.0. The first-order valence-corrected chi connectivity index (χ1v) is 7.85. The van der Waals surface area contributed by atoms with Crippen LogP contribution in [0.4, 0.5) is 4.39 Å². The molecule has 7 heteroatoms. The first-order valence-electron chi connectivity index (χ1n) is 7.45. The fourth-order valence-electron chi connectivity index (χ4n) is 2.34. The Morgan fingerprint density at radius 1 is 1.16 bits per heavy atom. The second-order valence-corrected chi connectivity index (χ2v) is 5.63. The lowest BCUT2D eigenvalue weighted by Gasteiger charge is -2.11. The van der Waals surface area contributed by atoms with Gasteiger partial charge in [0.2, 0.25) is 5.88 Å². The lowest BCUT2D eigenvalue weighted by atomic mass is 10.2. The summed E-state index contributed by atoms with van der Waals surface area (Å²) in [7, 11) is 0. The third kappa shape index (κ3) is 3.56. The highest BCUT2D eigenvalue weighted by Crippen LogP contribution is 2.20. The molecule has 3 rings (SSSR count). The number of H-pyrrole nitrogens is 1. The molecule has 2 N–H and O–H groups in total. The molecular weight excluding hydrogens is 341 g/mol. The molecule has 0 bridgehead atoms. The Bertz CT molecular complexity index is 1040. The molecule has 0 aliphatic heterocycles. The summed E-state index contributed by atoms with van der Waals surface area (Å²) in [5.74, 6) is -1.04. The molecule has 0 aliphatic rings. The lowest BCUT2D eigenvalue weighted by molar-refractivity contribution is 0.429. The number of para-hydroxylation sites is 1. The molecule has 0 aliphatic carbocycles. The number of rotatable bonds is 4. The smallest absolute Gasteiger partial charge is 0.264 e. The fourth-order valence-corrected chi connectivity index (χ4v) is 2.61. The molecule has 3 aromatic rings. The predicted octanol–water partition coefficient (Wildman–Crippen LogP) is 3.36. The molecule has 0 saturated carbocycles. The first kappa shape index (κ1) is 16.8. The van der Waals surface area contributed by atoms with E-state index in [-0.39, 0.29) is 16.0 Å². The van der Waals surface area contributed by atoms with Gasteiger partial charge in [-0.3, -0.25) is 19.3 Å². The van der Waals surface area contributed by atoms with E-state index in [0.29, 0.717) is 6.54 Å². The van der Waals surface area contributed by atoms with Crippen LogP contribution in [-0.2, 0) is 6.54 Å². The number of hydrogen-bond acceptors (Lipinski definition) is 4. The summed E-state index contributed by atoms with van der Waals surface area (Å²) in [6.45, 7) is 0.342. The molecule has 0 radical (unpaired) electrons. The number of aromatic amines is 1. The van der Waals surface area contributed by atoms with Gasteiger partial charge in [0.05, 0.1) is 12.2 Å². The van der Waals surface area contributed by atoms with Crippen molar-refractivity contribution in [2.24, 2.45) is 4.99 Å². The third-order valence-electron chi connectivity index (χ3n) is 3.55. The summed E-state index contributed by atoms with van der Waals surface area (Å²) in [5.41, 5.74) is 0.315. The van der Waals surface area contributed by atoms with E-state index >= 15 is 0 Å². The van der Waals surface area contributed by atoms with Crippen molar-refractivity contribution in [3.63, 3.8) is 0 Å². The van der Waals surface area contributed by atoms with E-state index in [4.69, 9.17) is 12.2 Å². The van der Waals surface area contributed by atoms with Gasteiger partial charge < -0.3 is 5.11 Å². The number of aliphatic imine (C=N–C) groups is 1. The van der Waals surface area contributed by atoms with Crippen LogP contribution in [-0.4, -0.2) is 20.9 Å². The van der Waals surface area contributed by atoms with Crippen LogP contribution >= 0.6 is 12.2 Å². The number of hydrogen-bond donors (Lipinski definition) is 2. The number of nitrogens with zero attached hydrogens (tertiary/aromatic N) is 2. The second kappa shape index (κ2) is 7.23. The molecule has 0 amide bonds. The van der Waals surface area contributed by atoms with Crippen molar-refractivity contribution in [2.75, 3.05) is 0 Å². The molecule has 126 valence electrons. The van der Waals surface area contributed by atoms with Gasteiger partial charge in [-0.2, -0.15) is 0 Å². The molecule has 5 nitrogen and oxygen atoms in total. The van der Waals surface area contributed by atoms with Crippen LogP contribution in [0.25, 0.3) is 5.69 Å². The van der Waals surface area contributed by atoms with Gasteiger partial charge in [0.1, 0.15) is 11.4 Å². The summed E-state index contributed by atoms with van der Waals surface area (Å²) in [6, 6.07) is 15.3. The zero-order chi connectivity index (χ0) is 17.8. The van der Waals surface area contributed by atoms with Gasteiger partial charge >= 0.3 is 0 Å². The van der Waals surface area contributed by atoms with Gasteiger partial charge in [0.25, 0.3) is 5.56 Å². The second-order valence-electron chi connectivity index (χ2n) is 5.24. The molecule has 2 aromatic carbocycles. The highest BCUT2D eigenvalue weighted by molar-refractivity contribution is 7.71. The van der Waals surface area contributed by atoms with Gasteiger partial charge in [-0.15, -0.1) is 0 Å². The maximum atomic E-state index is 14.0. The van der Waals surface area contributed by atoms with Crippen molar-refractivity contribution >= 4 is 18.4 Å². The molecule has 0 atom stereocenters. The highest BCUT2D eigenvalue weighted by Gasteiger charge is 2.14. The summed E-state index contributed by atoms with van der Waals surface area (Å²) in [5, 5.41) is 10.4. The Morgan fingerprint density at radius 2 is 1.84 bits per heavy atom. The molecule has 0 saturated heterocycles. The van der Waals surface area contributed by atoms with E-state index in [1.54, 1.807) is 6.07 Å². The minimum absolute atomic E-state index is 0.0407. The standard InChI is InChI=1S/C18H14FN3O2S/c19-14-8-4-5-9-15(14)22-17(24)13(16(23)21-18(22)25)11-20-10-12-6-2-1-3-7-12/h1-9,11,24H,10H2,(H,21,23,25). The van der Waals surface area contributed by atoms with Crippen LogP contribution in [0, 0.1) is 10.6 Å². The number of aromatic hydroxyl groups is 1. The summed E-state index contributed by atoms with van der Waals surface area (Å²) in [4.78, 5) is 18.7. The Labute approximate surface area is 147 Å². The molecule has 1 heterocycles. The van der Waals surface area contributed by atoms with Crippen LogP contribution in [0.3, 0.4) is 0 Å². The minimum atomic E-state index is -0.591. The summed E-state index contributed by atoms with van der Waals surface area (Å²) < 4.78 is 15.0. The summed E-state index contributed by atoms with van der Waals surface area (Å²) >= 11 is 5.05. The Kier molecular flexibility index (Phi) is 4.85. The van der Waals surface area contributed by atoms with Crippen LogP contribution in [0.2, 0.25) is 0 Å². The van der Waals surface area contributed by atoms with Gasteiger partial charge in [-0.1, -0.05) is 42.5 Å². The Balaban J connectivity index is 2.04. The molecule has 0 spiro atoms. The Morgan fingerprint density at radius 3 is 2.56 bits per heavy atom. The van der Waals surface area contributed by atoms with E-state index in [2.05, 4.69) is 9.98 Å². The van der Waals surface area contributed by atoms with Crippen molar-refractivity contribution in [2.45, 2.75) is 6.54 Å². The normalized spacial score (nSPS) is 11.1. The zero-order valence-electron chi connectivity index (χ0n) is 13.0. The molecule has 25 heavy (non-hydrogen) atoms. The van der Waals surface area contributed by atoms with E-state index in [1.807, 2.05) is 30.3 Å². The zero-order valence-corrected chi connectivity index (χ0v) is 13.8. The average Bonchev–Trinajstić information content (AvgIpc) is 2.60. The topological polar surface area (TPSA) is 70.4 Å². The van der Waals surface area contributed by atoms with Gasteiger partial charge in [-0.05, 0) is 29.9 Å². The SMILES string of the molecule is O=c1[nH]c(=S)n(-c2ccccc2F)c(O)c1C=NCc1ccccc1. The fraction of sp³-hybridized carbons (Fsp3) is 0.0556. The van der Waals surface area contributed by atoms with Crippen molar-refractivity contribution in [3.8, 4) is 11.6 Å². The van der Waals surface area contributed by atoms with Gasteiger partial charge in [0.15, 0.2) is 4.77 Å². The number of halogens is 1. The van der Waals surface area contributed by atoms with E-state index in [0.717, 1.165) is 10.1 Å². The van der Waals surface area contributed by atoms with Crippen LogP contribution < -0.4 is 5.56 Å². The largest absolute Gasteiger partial charge is 0.494 e. The highest BCUT2D eigenvalue weighted by atomic mass is 32.1. The third-order valence-corrected chi connectivity index (χ3v) is 3.84. The van der Waals surface area contributed by atoms with E-state index in [9.17, 15) is 14.3 Å². The van der Waals surface area contributed by atoms with Crippen molar-refractivity contribution < 1.29 is 9.50 Å². The van der Waals surface area contributed by atoms with Crippen LogP contribution in [0.1, 0.15) is 11.1 Å². The van der Waals surface area contributed by atoms with Crippen molar-refractivity contribution in [3.05, 3.63) is 86.7 Å². The minimum Gasteiger partial charge on any atom is -0.494 e. The number of benzene rings is 2. The van der Waals surface area contributed by atoms with Crippen molar-refractivity contribution in [1.29, 1.82) is 0 Å². The monoisotopic (exact) mass is 355 g/mol. The maximum Gasteiger partial charge on any atom is 0.264 e.